The number of hydrogen-bond acceptors (Lipinski definition) is 3. The molecule has 0 aromatic carbocycles. The zero-order valence-electron chi connectivity index (χ0n) is 5.89. The van der Waals surface area contributed by atoms with Crippen molar-refractivity contribution in [3.05, 3.63) is 30.1 Å². The van der Waals surface area contributed by atoms with Gasteiger partial charge in [0.25, 0.3) is 0 Å². The Morgan fingerprint density at radius 3 is 2.82 bits per heavy atom. The van der Waals surface area contributed by atoms with Gasteiger partial charge in [-0.05, 0) is 12.1 Å². The van der Waals surface area contributed by atoms with E-state index in [-0.39, 0.29) is 27.0 Å². The number of hydrogen-bond donors (Lipinski definition) is 0. The van der Waals surface area contributed by atoms with Crippen molar-refractivity contribution in [1.29, 1.82) is 0 Å². The molecule has 0 unspecified atom stereocenters. The molecule has 0 aliphatic carbocycles. The fraction of sp³-hybridized carbons (Fsp3) is 0.143. The minimum Gasteiger partial charge on any atom is -0.465 e. The molecule has 0 spiro atoms. The van der Waals surface area contributed by atoms with Crippen LogP contribution in [0.2, 0.25) is 0 Å². The number of rotatable bonds is 1. The van der Waals surface area contributed by atoms with E-state index >= 15 is 0 Å². The Hall–Kier alpha value is -0.692. The van der Waals surface area contributed by atoms with Gasteiger partial charge in [0.2, 0.25) is 0 Å². The molecule has 1 aromatic rings. The Balaban J connectivity index is 0.000001000. The summed E-state index contributed by atoms with van der Waals surface area (Å²) in [5.74, 6) is -0.354. The molecular formula is C7H7NO2Pt. The van der Waals surface area contributed by atoms with E-state index < -0.39 is 0 Å². The SMILES string of the molecule is COC(=O)c1cccnc1.[Pt]. The minimum atomic E-state index is -0.354. The first-order valence-corrected chi connectivity index (χ1v) is 2.83. The van der Waals surface area contributed by atoms with Gasteiger partial charge < -0.3 is 4.74 Å². The average Bonchev–Trinajstić information content (AvgIpc) is 2.05. The van der Waals surface area contributed by atoms with Crippen molar-refractivity contribution in [3.63, 3.8) is 0 Å². The maximum Gasteiger partial charge on any atom is 0.339 e. The van der Waals surface area contributed by atoms with Gasteiger partial charge in [-0.3, -0.25) is 4.98 Å². The quantitative estimate of drug-likeness (QED) is 0.717. The van der Waals surface area contributed by atoms with Crippen LogP contribution >= 0.6 is 0 Å². The number of carbonyl (C=O) groups is 1. The van der Waals surface area contributed by atoms with Gasteiger partial charge in [-0.2, -0.15) is 0 Å². The largest absolute Gasteiger partial charge is 0.465 e. The van der Waals surface area contributed by atoms with Crippen LogP contribution in [0.4, 0.5) is 0 Å². The van der Waals surface area contributed by atoms with Crippen molar-refractivity contribution < 1.29 is 30.6 Å². The smallest absolute Gasteiger partial charge is 0.339 e. The Bertz CT molecular complexity index is 225. The predicted molar refractivity (Wildman–Crippen MR) is 35.6 cm³/mol. The Morgan fingerprint density at radius 2 is 2.36 bits per heavy atom. The molecule has 1 aromatic heterocycles. The normalized spacial score (nSPS) is 8.09. The van der Waals surface area contributed by atoms with Gasteiger partial charge >= 0.3 is 5.97 Å². The second kappa shape index (κ2) is 5.02. The maximum atomic E-state index is 10.8. The molecule has 0 saturated carbocycles. The summed E-state index contributed by atoms with van der Waals surface area (Å²) in [5, 5.41) is 0. The molecule has 4 heteroatoms. The van der Waals surface area contributed by atoms with E-state index in [0.717, 1.165) is 0 Å². The molecule has 0 radical (unpaired) electrons. The summed E-state index contributed by atoms with van der Waals surface area (Å²) in [5.41, 5.74) is 0.477. The van der Waals surface area contributed by atoms with Crippen molar-refractivity contribution in [2.24, 2.45) is 0 Å². The number of carbonyl (C=O) groups excluding carboxylic acids is 1. The number of nitrogens with zero attached hydrogens (tertiary/aromatic N) is 1. The monoisotopic (exact) mass is 332 g/mol. The standard InChI is InChI=1S/C7H7NO2.Pt/c1-10-7(9)6-3-2-4-8-5-6;/h2-5H,1H3;. The van der Waals surface area contributed by atoms with E-state index in [1.54, 1.807) is 18.3 Å². The number of pyridine rings is 1. The summed E-state index contributed by atoms with van der Waals surface area (Å²) >= 11 is 0. The van der Waals surface area contributed by atoms with Gasteiger partial charge in [-0.15, -0.1) is 0 Å². The first-order chi connectivity index (χ1) is 4.84. The van der Waals surface area contributed by atoms with Crippen molar-refractivity contribution in [2.45, 2.75) is 0 Å². The molecule has 0 aliphatic rings. The van der Waals surface area contributed by atoms with Gasteiger partial charge in [0, 0.05) is 33.5 Å². The van der Waals surface area contributed by atoms with E-state index in [0.29, 0.717) is 5.56 Å². The van der Waals surface area contributed by atoms with E-state index in [1.807, 2.05) is 0 Å². The molecule has 1 heterocycles. The molecule has 0 bridgehead atoms. The molecule has 3 nitrogen and oxygen atoms in total. The van der Waals surface area contributed by atoms with E-state index in [1.165, 1.54) is 13.3 Å². The summed E-state index contributed by atoms with van der Waals surface area (Å²) in [4.78, 5) is 14.5. The van der Waals surface area contributed by atoms with Crippen molar-refractivity contribution in [1.82, 2.24) is 4.98 Å². The third-order valence-electron chi connectivity index (χ3n) is 1.08. The van der Waals surface area contributed by atoms with Gasteiger partial charge in [-0.25, -0.2) is 4.79 Å². The molecule has 0 aliphatic heterocycles. The molecule has 0 amide bonds. The van der Waals surface area contributed by atoms with Crippen LogP contribution in [0.25, 0.3) is 0 Å². The van der Waals surface area contributed by atoms with E-state index in [4.69, 9.17) is 0 Å². The second-order valence-corrected chi connectivity index (χ2v) is 1.73. The molecular weight excluding hydrogens is 325 g/mol. The van der Waals surface area contributed by atoms with Crippen LogP contribution < -0.4 is 0 Å². The maximum absolute atomic E-state index is 10.8. The van der Waals surface area contributed by atoms with Crippen LogP contribution in [0.5, 0.6) is 0 Å². The van der Waals surface area contributed by atoms with Crippen LogP contribution in [-0.4, -0.2) is 18.1 Å². The summed E-state index contributed by atoms with van der Waals surface area (Å²) < 4.78 is 4.46. The van der Waals surface area contributed by atoms with Gasteiger partial charge in [0.05, 0.1) is 12.7 Å². The number of aromatic nitrogens is 1. The molecule has 0 fully saturated rings. The van der Waals surface area contributed by atoms with Crippen LogP contribution in [-0.2, 0) is 25.8 Å². The van der Waals surface area contributed by atoms with E-state index in [2.05, 4.69) is 9.72 Å². The fourth-order valence-electron chi connectivity index (χ4n) is 0.601. The second-order valence-electron chi connectivity index (χ2n) is 1.73. The third kappa shape index (κ3) is 2.81. The molecule has 1 rings (SSSR count). The van der Waals surface area contributed by atoms with Gasteiger partial charge in [0.15, 0.2) is 0 Å². The van der Waals surface area contributed by atoms with Gasteiger partial charge in [-0.1, -0.05) is 0 Å². The van der Waals surface area contributed by atoms with Crippen LogP contribution in [0.15, 0.2) is 24.5 Å². The van der Waals surface area contributed by atoms with Crippen molar-refractivity contribution in [3.8, 4) is 0 Å². The number of esters is 1. The summed E-state index contributed by atoms with van der Waals surface area (Å²) in [6.45, 7) is 0. The summed E-state index contributed by atoms with van der Waals surface area (Å²) in [7, 11) is 1.34. The first-order valence-electron chi connectivity index (χ1n) is 2.83. The Kier molecular flexibility index (Phi) is 4.71. The number of methoxy groups -OCH3 is 1. The minimum absolute atomic E-state index is 0. The Labute approximate surface area is 79.0 Å². The van der Waals surface area contributed by atoms with E-state index in [9.17, 15) is 4.79 Å². The van der Waals surface area contributed by atoms with Crippen LogP contribution in [0.3, 0.4) is 0 Å². The predicted octanol–water partition coefficient (Wildman–Crippen LogP) is 0.866. The van der Waals surface area contributed by atoms with Crippen LogP contribution in [0.1, 0.15) is 10.4 Å². The summed E-state index contributed by atoms with van der Waals surface area (Å²) in [6.07, 6.45) is 3.07. The molecule has 11 heavy (non-hydrogen) atoms. The molecule has 0 atom stereocenters. The van der Waals surface area contributed by atoms with Crippen LogP contribution in [0, 0.1) is 0 Å². The number of ether oxygens (including phenoxy) is 1. The molecule has 0 saturated heterocycles. The topological polar surface area (TPSA) is 39.2 Å². The van der Waals surface area contributed by atoms with Crippen molar-refractivity contribution in [2.75, 3.05) is 7.11 Å². The first kappa shape index (κ1) is 10.3. The molecule has 0 N–H and O–H groups in total. The third-order valence-corrected chi connectivity index (χ3v) is 1.08. The average molecular weight is 332 g/mol. The fourth-order valence-corrected chi connectivity index (χ4v) is 0.601. The molecule has 62 valence electrons. The zero-order valence-corrected chi connectivity index (χ0v) is 8.16. The zero-order chi connectivity index (χ0) is 7.40. The van der Waals surface area contributed by atoms with Crippen molar-refractivity contribution >= 4 is 5.97 Å². The Morgan fingerprint density at radius 1 is 1.64 bits per heavy atom. The summed E-state index contributed by atoms with van der Waals surface area (Å²) in [6, 6.07) is 3.34. The van der Waals surface area contributed by atoms with Gasteiger partial charge in [0.1, 0.15) is 0 Å².